The second-order valence-corrected chi connectivity index (χ2v) is 20.9. The van der Waals surface area contributed by atoms with Gasteiger partial charge in [-0.2, -0.15) is 8.98 Å². The number of ether oxygens (including phenoxy) is 3. The molecule has 13 heteroatoms. The molecule has 0 aliphatic heterocycles. The molecule has 1 heterocycles. The summed E-state index contributed by atoms with van der Waals surface area (Å²) < 4.78 is 35.1. The molecule has 0 spiro atoms. The highest BCUT2D eigenvalue weighted by Crippen LogP contribution is 2.74. The van der Waals surface area contributed by atoms with Crippen LogP contribution in [0.25, 0.3) is 22.3 Å². The first-order valence-corrected chi connectivity index (χ1v) is 21.7. The lowest BCUT2D eigenvalue weighted by atomic mass is 9.98. The predicted octanol–water partition coefficient (Wildman–Crippen LogP) is 9.92. The Balaban J connectivity index is 1.02. The number of rotatable bonds is 14. The Labute approximate surface area is 352 Å². The van der Waals surface area contributed by atoms with E-state index >= 15 is 3.89 Å². The summed E-state index contributed by atoms with van der Waals surface area (Å²) in [4.78, 5) is 39.7. The Hall–Kier alpha value is -5.66. The van der Waals surface area contributed by atoms with Crippen molar-refractivity contribution in [3.8, 4) is 22.3 Å². The lowest BCUT2D eigenvalue weighted by molar-refractivity contribution is -0.135. The number of aromatic nitrogens is 2. The van der Waals surface area contributed by atoms with Crippen molar-refractivity contribution in [2.45, 2.75) is 74.4 Å². The van der Waals surface area contributed by atoms with Gasteiger partial charge in [0.05, 0.1) is 19.8 Å². The molecular weight excluding hydrogens is 784 g/mol. The first-order chi connectivity index (χ1) is 28.6. The van der Waals surface area contributed by atoms with E-state index in [9.17, 15) is 19.5 Å². The van der Waals surface area contributed by atoms with Crippen molar-refractivity contribution < 1.29 is 37.6 Å². The molecule has 316 valence electrons. The molecule has 2 aliphatic rings. The number of carboxylic acid groups (broad SMARTS) is 1. The first kappa shape index (κ1) is 42.5. The van der Waals surface area contributed by atoms with E-state index < -0.39 is 44.6 Å². The minimum atomic E-state index is -3.20. The summed E-state index contributed by atoms with van der Waals surface area (Å²) in [5.41, 5.74) is 8.67. The molecule has 2 aliphatic carbocycles. The van der Waals surface area contributed by atoms with Crippen LogP contribution >= 0.6 is 10.4 Å². The van der Waals surface area contributed by atoms with E-state index in [1.165, 1.54) is 10.7 Å². The van der Waals surface area contributed by atoms with E-state index in [4.69, 9.17) is 14.2 Å². The minimum absolute atomic E-state index is 0.0310. The molecule has 11 nitrogen and oxygen atoms in total. The third-order valence-electron chi connectivity index (χ3n) is 11.1. The van der Waals surface area contributed by atoms with Gasteiger partial charge in [0.25, 0.3) is 0 Å². The lowest BCUT2D eigenvalue weighted by Crippen LogP contribution is -2.37. The van der Waals surface area contributed by atoms with Gasteiger partial charge in [-0.1, -0.05) is 97.1 Å². The van der Waals surface area contributed by atoms with Crippen molar-refractivity contribution in [2.75, 3.05) is 44.4 Å². The highest BCUT2D eigenvalue weighted by atomic mass is 32.3. The average molecular weight is 837 g/mol. The number of hydrogen-bond donors (Lipinski definition) is 2. The van der Waals surface area contributed by atoms with E-state index in [-0.39, 0.29) is 62.2 Å². The van der Waals surface area contributed by atoms with Crippen LogP contribution in [0.1, 0.15) is 75.6 Å². The SMILES string of the molecule is CC(C)(C)S(F)(c1cc(N(CC(=O)O)C(=O)OCC2c3ccccc3-c3ccccc32)nn1CCOCCNC(=O)OCC1c2ccccc2-c2ccccc21)C(C)(C)C. The van der Waals surface area contributed by atoms with Crippen molar-refractivity contribution in [1.29, 1.82) is 0 Å². The van der Waals surface area contributed by atoms with Crippen LogP contribution in [0, 0.1) is 0 Å². The number of carbonyl (C=O) groups is 3. The maximum absolute atomic E-state index is 17.9. The number of nitrogens with one attached hydrogen (secondary N) is 1. The molecule has 0 bridgehead atoms. The summed E-state index contributed by atoms with van der Waals surface area (Å²) in [7, 11) is -3.20. The number of alkyl carbamates (subject to hydrolysis) is 1. The number of anilines is 1. The van der Waals surface area contributed by atoms with Crippen LogP contribution in [0.5, 0.6) is 0 Å². The van der Waals surface area contributed by atoms with Gasteiger partial charge in [-0.3, -0.25) is 9.48 Å². The molecular formula is C47H53FN4O7S. The van der Waals surface area contributed by atoms with Gasteiger partial charge in [0.1, 0.15) is 24.8 Å². The molecule has 0 unspecified atom stereocenters. The van der Waals surface area contributed by atoms with Gasteiger partial charge in [-0.05, 0) is 96.5 Å². The molecule has 2 amide bonds. The molecule has 0 radical (unpaired) electrons. The molecule has 0 saturated carbocycles. The minimum Gasteiger partial charge on any atom is -0.480 e. The molecule has 0 atom stereocenters. The highest BCUT2D eigenvalue weighted by molar-refractivity contribution is 8.31. The monoisotopic (exact) mass is 836 g/mol. The summed E-state index contributed by atoms with van der Waals surface area (Å²) in [6.07, 6.45) is -1.47. The Bertz CT molecular complexity index is 2280. The lowest BCUT2D eigenvalue weighted by Gasteiger charge is -2.51. The van der Waals surface area contributed by atoms with E-state index in [1.807, 2.05) is 114 Å². The van der Waals surface area contributed by atoms with Crippen LogP contribution in [0.3, 0.4) is 0 Å². The summed E-state index contributed by atoms with van der Waals surface area (Å²) in [6.45, 7) is 10.9. The fraction of sp³-hybridized carbons (Fsp3) is 0.362. The Kier molecular flexibility index (Phi) is 12.1. The van der Waals surface area contributed by atoms with Crippen molar-refractivity contribution in [3.05, 3.63) is 125 Å². The highest BCUT2D eigenvalue weighted by Gasteiger charge is 2.51. The van der Waals surface area contributed by atoms with Crippen molar-refractivity contribution >= 4 is 34.4 Å². The molecule has 5 aromatic rings. The fourth-order valence-corrected chi connectivity index (χ4v) is 12.4. The second-order valence-electron chi connectivity index (χ2n) is 17.0. The molecule has 0 saturated heterocycles. The first-order valence-electron chi connectivity index (χ1n) is 20.2. The van der Waals surface area contributed by atoms with Gasteiger partial charge in [0.2, 0.25) is 0 Å². The standard InChI is InChI=1S/C47H53FN4O7S/c1-46(2,3)60(48,47(4,5)6)42-27-41(51(28-43(53)54)45(56)59-30-40-37-21-13-9-17-33(37)34-18-10-14-22-38(34)40)50-52(42)24-26-57-25-23-49-44(55)58-29-39-35-19-11-7-15-31(35)32-16-8-12-20-36(32)39/h7-22,27,39-40H,23-26,28-30H2,1-6H3,(H,49,55)(H,53,54). The zero-order valence-electron chi connectivity index (χ0n) is 34.9. The topological polar surface area (TPSA) is 132 Å². The molecule has 2 N–H and O–H groups in total. The number of aliphatic carboxylic acids is 1. The maximum atomic E-state index is 17.9. The number of benzene rings is 4. The van der Waals surface area contributed by atoms with Gasteiger partial charge >= 0.3 is 18.2 Å². The number of fused-ring (bicyclic) bond motifs is 6. The number of hydrogen-bond acceptors (Lipinski definition) is 7. The summed E-state index contributed by atoms with van der Waals surface area (Å²) in [5.74, 6) is -1.63. The second kappa shape index (κ2) is 17.1. The van der Waals surface area contributed by atoms with E-state index in [0.29, 0.717) is 0 Å². The smallest absolute Gasteiger partial charge is 0.416 e. The third kappa shape index (κ3) is 8.25. The normalized spacial score (nSPS) is 13.8. The number of carbonyl (C=O) groups excluding carboxylic acids is 2. The number of amides is 2. The zero-order valence-corrected chi connectivity index (χ0v) is 35.8. The van der Waals surface area contributed by atoms with Crippen LogP contribution in [0.4, 0.5) is 19.3 Å². The summed E-state index contributed by atoms with van der Waals surface area (Å²) >= 11 is 0. The van der Waals surface area contributed by atoms with Gasteiger partial charge in [-0.15, -0.1) is 0 Å². The number of nitrogens with zero attached hydrogens (tertiary/aromatic N) is 3. The van der Waals surface area contributed by atoms with Crippen LogP contribution in [0.2, 0.25) is 0 Å². The molecule has 0 fully saturated rings. The number of carboxylic acids is 1. The molecule has 60 heavy (non-hydrogen) atoms. The molecule has 4 aromatic carbocycles. The molecule has 7 rings (SSSR count). The number of halogens is 1. The van der Waals surface area contributed by atoms with Crippen LogP contribution in [-0.4, -0.2) is 82.1 Å². The Morgan fingerprint density at radius 1 is 0.733 bits per heavy atom. The van der Waals surface area contributed by atoms with Crippen molar-refractivity contribution in [1.82, 2.24) is 15.1 Å². The van der Waals surface area contributed by atoms with Crippen molar-refractivity contribution in [3.63, 3.8) is 0 Å². The fourth-order valence-electron chi connectivity index (χ4n) is 8.63. The molecule has 1 aromatic heterocycles. The van der Waals surface area contributed by atoms with Gasteiger partial charge in [-0.25, -0.2) is 14.5 Å². The van der Waals surface area contributed by atoms with Crippen LogP contribution in [0.15, 0.2) is 108 Å². The van der Waals surface area contributed by atoms with Crippen LogP contribution < -0.4 is 10.2 Å². The van der Waals surface area contributed by atoms with E-state index in [0.717, 1.165) is 49.4 Å². The summed E-state index contributed by atoms with van der Waals surface area (Å²) in [5, 5.41) is 17.6. The quantitative estimate of drug-likeness (QED) is 0.106. The van der Waals surface area contributed by atoms with Crippen LogP contribution in [-0.2, 0) is 25.5 Å². The zero-order chi connectivity index (χ0) is 42.8. The Morgan fingerprint density at radius 3 is 1.63 bits per heavy atom. The Morgan fingerprint density at radius 2 is 1.18 bits per heavy atom. The average Bonchev–Trinajstić information content (AvgIpc) is 3.88. The maximum Gasteiger partial charge on any atom is 0.416 e. The van der Waals surface area contributed by atoms with E-state index in [2.05, 4.69) is 34.7 Å². The van der Waals surface area contributed by atoms with Gasteiger partial charge in [0.15, 0.2) is 5.82 Å². The van der Waals surface area contributed by atoms with Gasteiger partial charge < -0.3 is 24.6 Å². The predicted molar refractivity (Wildman–Crippen MR) is 233 cm³/mol. The third-order valence-corrected chi connectivity index (χ3v) is 15.4. The largest absolute Gasteiger partial charge is 0.480 e. The van der Waals surface area contributed by atoms with Crippen molar-refractivity contribution in [2.24, 2.45) is 0 Å². The van der Waals surface area contributed by atoms with Gasteiger partial charge in [0, 0.05) is 33.9 Å². The summed E-state index contributed by atoms with van der Waals surface area (Å²) in [6, 6.07) is 33.6. The van der Waals surface area contributed by atoms with E-state index in [1.54, 1.807) is 0 Å².